The summed E-state index contributed by atoms with van der Waals surface area (Å²) in [6.07, 6.45) is 5.37. The van der Waals surface area contributed by atoms with E-state index >= 15 is 0 Å². The Hall–Kier alpha value is -2.47. The van der Waals surface area contributed by atoms with Crippen LogP contribution in [0.2, 0.25) is 0 Å². The molecule has 126 valence electrons. The number of likely N-dealkylation sites (N-methyl/N-ethyl adjacent to an activating group) is 1. The van der Waals surface area contributed by atoms with Crippen LogP contribution >= 0.6 is 0 Å². The molecule has 1 saturated heterocycles. The number of anilines is 2. The van der Waals surface area contributed by atoms with Gasteiger partial charge in [0.2, 0.25) is 5.95 Å². The molecule has 1 N–H and O–H groups in total. The molecule has 0 saturated carbocycles. The Bertz CT molecular complexity index is 654. The highest BCUT2D eigenvalue weighted by Crippen LogP contribution is 2.15. The number of carbonyl (C=O) groups is 1. The number of hydrogen-bond donors (Lipinski definition) is 1. The highest BCUT2D eigenvalue weighted by atomic mass is 16.5. The number of nitrogens with one attached hydrogen (secondary N) is 1. The van der Waals surface area contributed by atoms with E-state index in [1.165, 1.54) is 0 Å². The van der Waals surface area contributed by atoms with Crippen LogP contribution in [0.5, 0.6) is 0 Å². The fourth-order valence-corrected chi connectivity index (χ4v) is 2.73. The van der Waals surface area contributed by atoms with Gasteiger partial charge in [0.1, 0.15) is 0 Å². The molecule has 6 nitrogen and oxygen atoms in total. The Morgan fingerprint density at radius 2 is 2.04 bits per heavy atom. The number of para-hydroxylation sites is 1. The molecule has 1 fully saturated rings. The Balaban J connectivity index is 1.63. The van der Waals surface area contributed by atoms with E-state index in [-0.39, 0.29) is 12.0 Å². The standard InChI is InChI=1S/C18H22N4O2/c1-2-22(13-16-9-6-10-24-16)17(23)14-11-19-18(20-12-14)21-15-7-4-3-5-8-15/h3-5,7-8,11-12,16H,2,6,9-10,13H2,1H3,(H,19,20,21). The van der Waals surface area contributed by atoms with Gasteiger partial charge in [0, 0.05) is 37.8 Å². The molecule has 1 aromatic heterocycles. The lowest BCUT2D eigenvalue weighted by molar-refractivity contribution is 0.0538. The van der Waals surface area contributed by atoms with Gasteiger partial charge in [-0.05, 0) is 31.9 Å². The highest BCUT2D eigenvalue weighted by molar-refractivity contribution is 5.93. The molecule has 1 amide bonds. The fraction of sp³-hybridized carbons (Fsp3) is 0.389. The molecule has 1 aromatic carbocycles. The van der Waals surface area contributed by atoms with Crippen molar-refractivity contribution < 1.29 is 9.53 Å². The van der Waals surface area contributed by atoms with Gasteiger partial charge < -0.3 is 15.0 Å². The predicted octanol–water partition coefficient (Wildman–Crippen LogP) is 2.86. The minimum atomic E-state index is -0.0562. The highest BCUT2D eigenvalue weighted by Gasteiger charge is 2.22. The molecule has 2 heterocycles. The van der Waals surface area contributed by atoms with Crippen molar-refractivity contribution in [1.82, 2.24) is 14.9 Å². The van der Waals surface area contributed by atoms with Gasteiger partial charge in [-0.15, -0.1) is 0 Å². The maximum atomic E-state index is 12.6. The van der Waals surface area contributed by atoms with E-state index in [1.807, 2.05) is 37.3 Å². The molecule has 3 rings (SSSR count). The van der Waals surface area contributed by atoms with Gasteiger partial charge in [-0.2, -0.15) is 0 Å². The summed E-state index contributed by atoms with van der Waals surface area (Å²) in [5, 5.41) is 3.10. The first-order chi connectivity index (χ1) is 11.8. The molecule has 0 radical (unpaired) electrons. The molecular formula is C18H22N4O2. The third-order valence-corrected chi connectivity index (χ3v) is 4.05. The summed E-state index contributed by atoms with van der Waals surface area (Å²) in [7, 11) is 0. The van der Waals surface area contributed by atoms with Crippen molar-refractivity contribution in [2.75, 3.05) is 25.0 Å². The molecule has 0 spiro atoms. The van der Waals surface area contributed by atoms with Crippen molar-refractivity contribution in [2.45, 2.75) is 25.9 Å². The van der Waals surface area contributed by atoms with Crippen LogP contribution in [0.25, 0.3) is 0 Å². The van der Waals surface area contributed by atoms with Gasteiger partial charge >= 0.3 is 0 Å². The summed E-state index contributed by atoms with van der Waals surface area (Å²) in [6.45, 7) is 4.03. The summed E-state index contributed by atoms with van der Waals surface area (Å²) in [5.41, 5.74) is 1.40. The van der Waals surface area contributed by atoms with E-state index < -0.39 is 0 Å². The van der Waals surface area contributed by atoms with Crippen molar-refractivity contribution in [3.05, 3.63) is 48.3 Å². The summed E-state index contributed by atoms with van der Waals surface area (Å²) < 4.78 is 5.62. The number of nitrogens with zero attached hydrogens (tertiary/aromatic N) is 3. The van der Waals surface area contributed by atoms with E-state index in [2.05, 4.69) is 15.3 Å². The maximum absolute atomic E-state index is 12.6. The second-order valence-electron chi connectivity index (χ2n) is 5.77. The zero-order valence-corrected chi connectivity index (χ0v) is 13.8. The monoisotopic (exact) mass is 326 g/mol. The van der Waals surface area contributed by atoms with Gasteiger partial charge in [-0.3, -0.25) is 4.79 Å². The van der Waals surface area contributed by atoms with Crippen LogP contribution < -0.4 is 5.32 Å². The third kappa shape index (κ3) is 4.08. The van der Waals surface area contributed by atoms with Gasteiger partial charge in [0.05, 0.1) is 11.7 Å². The minimum Gasteiger partial charge on any atom is -0.376 e. The molecule has 1 unspecified atom stereocenters. The fourth-order valence-electron chi connectivity index (χ4n) is 2.73. The number of ether oxygens (including phenoxy) is 1. The van der Waals surface area contributed by atoms with Crippen LogP contribution in [0.3, 0.4) is 0 Å². The normalized spacial score (nSPS) is 16.8. The number of amides is 1. The zero-order valence-electron chi connectivity index (χ0n) is 13.8. The number of benzene rings is 1. The molecule has 1 aliphatic heterocycles. The van der Waals surface area contributed by atoms with Gasteiger partial charge in [0.25, 0.3) is 5.91 Å². The molecule has 0 aliphatic carbocycles. The van der Waals surface area contributed by atoms with Crippen LogP contribution in [0.15, 0.2) is 42.7 Å². The van der Waals surface area contributed by atoms with E-state index in [9.17, 15) is 4.79 Å². The quantitative estimate of drug-likeness (QED) is 0.884. The Labute approximate surface area is 141 Å². The van der Waals surface area contributed by atoms with Gasteiger partial charge in [-0.25, -0.2) is 9.97 Å². The lowest BCUT2D eigenvalue weighted by Crippen LogP contribution is -2.37. The Morgan fingerprint density at radius 3 is 2.67 bits per heavy atom. The average molecular weight is 326 g/mol. The first-order valence-corrected chi connectivity index (χ1v) is 8.31. The van der Waals surface area contributed by atoms with Crippen molar-refractivity contribution in [2.24, 2.45) is 0 Å². The first kappa shape index (κ1) is 16.4. The topological polar surface area (TPSA) is 67.3 Å². The second kappa shape index (κ2) is 7.88. The van der Waals surface area contributed by atoms with Crippen molar-refractivity contribution >= 4 is 17.5 Å². The Morgan fingerprint density at radius 1 is 1.29 bits per heavy atom. The second-order valence-corrected chi connectivity index (χ2v) is 5.77. The van der Waals surface area contributed by atoms with Crippen molar-refractivity contribution in [3.8, 4) is 0 Å². The lowest BCUT2D eigenvalue weighted by Gasteiger charge is -2.23. The lowest BCUT2D eigenvalue weighted by atomic mass is 10.2. The van der Waals surface area contributed by atoms with E-state index in [0.29, 0.717) is 24.6 Å². The number of aromatic nitrogens is 2. The summed E-state index contributed by atoms with van der Waals surface area (Å²) in [5.74, 6) is 0.416. The van der Waals surface area contributed by atoms with E-state index in [1.54, 1.807) is 17.3 Å². The Kier molecular flexibility index (Phi) is 5.38. The number of carbonyl (C=O) groups excluding carboxylic acids is 1. The van der Waals surface area contributed by atoms with Crippen molar-refractivity contribution in [3.63, 3.8) is 0 Å². The first-order valence-electron chi connectivity index (χ1n) is 8.31. The molecule has 6 heteroatoms. The van der Waals surface area contributed by atoms with Crippen LogP contribution in [-0.2, 0) is 4.74 Å². The molecule has 0 bridgehead atoms. The molecule has 2 aromatic rings. The average Bonchev–Trinajstić information content (AvgIpc) is 3.14. The van der Waals surface area contributed by atoms with E-state index in [4.69, 9.17) is 4.74 Å². The minimum absolute atomic E-state index is 0.0562. The molecular weight excluding hydrogens is 304 g/mol. The summed E-state index contributed by atoms with van der Waals surface area (Å²) in [6, 6.07) is 9.68. The number of rotatable bonds is 6. The van der Waals surface area contributed by atoms with Crippen molar-refractivity contribution in [1.29, 1.82) is 0 Å². The van der Waals surface area contributed by atoms with Gasteiger partial charge in [0.15, 0.2) is 0 Å². The third-order valence-electron chi connectivity index (χ3n) is 4.05. The van der Waals surface area contributed by atoms with Gasteiger partial charge in [-0.1, -0.05) is 18.2 Å². The van der Waals surface area contributed by atoms with E-state index in [0.717, 1.165) is 25.1 Å². The molecule has 24 heavy (non-hydrogen) atoms. The van der Waals surface area contributed by atoms with Crippen LogP contribution in [-0.4, -0.2) is 46.6 Å². The molecule has 1 aliphatic rings. The van der Waals surface area contributed by atoms with Crippen LogP contribution in [0.1, 0.15) is 30.1 Å². The predicted molar refractivity (Wildman–Crippen MR) is 92.3 cm³/mol. The van der Waals surface area contributed by atoms with Crippen LogP contribution in [0, 0.1) is 0 Å². The summed E-state index contributed by atoms with van der Waals surface area (Å²) in [4.78, 5) is 22.9. The number of hydrogen-bond acceptors (Lipinski definition) is 5. The SMILES string of the molecule is CCN(CC1CCCO1)C(=O)c1cnc(Nc2ccccc2)nc1. The smallest absolute Gasteiger partial charge is 0.257 e. The summed E-state index contributed by atoms with van der Waals surface area (Å²) >= 11 is 0. The maximum Gasteiger partial charge on any atom is 0.257 e. The van der Waals surface area contributed by atoms with Crippen LogP contribution in [0.4, 0.5) is 11.6 Å². The molecule has 1 atom stereocenters. The largest absolute Gasteiger partial charge is 0.376 e. The zero-order chi connectivity index (χ0) is 16.8.